The first kappa shape index (κ1) is 12.6. The Labute approximate surface area is 94.9 Å². The number of benzene rings is 1. The highest BCUT2D eigenvalue weighted by Gasteiger charge is 2.07. The van der Waals surface area contributed by atoms with Crippen molar-refractivity contribution in [1.29, 1.82) is 0 Å². The lowest BCUT2D eigenvalue weighted by Crippen LogP contribution is -2.11. The fraction of sp³-hybridized carbons (Fsp3) is 0.300. The number of halogens is 1. The fourth-order valence-electron chi connectivity index (χ4n) is 1.12. The molecule has 0 amide bonds. The van der Waals surface area contributed by atoms with Crippen LogP contribution in [-0.2, 0) is 10.8 Å². The Balaban J connectivity index is 2.68. The first-order valence-corrected chi connectivity index (χ1v) is 6.30. The number of hydrogen-bond acceptors (Lipinski definition) is 3. The predicted molar refractivity (Wildman–Crippen MR) is 60.8 cm³/mol. The first-order chi connectivity index (χ1) is 7.50. The molecule has 0 aliphatic heterocycles. The van der Waals surface area contributed by atoms with Gasteiger partial charge in [-0.3, -0.25) is 4.21 Å². The molecule has 16 heavy (non-hydrogen) atoms. The van der Waals surface area contributed by atoms with E-state index in [0.717, 1.165) is 6.07 Å². The van der Waals surface area contributed by atoms with Crippen molar-refractivity contribution in [2.45, 2.75) is 0 Å². The van der Waals surface area contributed by atoms with E-state index in [1.54, 1.807) is 6.26 Å². The second-order valence-electron chi connectivity index (χ2n) is 3.20. The van der Waals surface area contributed by atoms with Crippen molar-refractivity contribution in [3.8, 4) is 0 Å². The van der Waals surface area contributed by atoms with E-state index in [2.05, 4.69) is 5.32 Å². The lowest BCUT2D eigenvalue weighted by molar-refractivity contribution is 0.0696. The first-order valence-electron chi connectivity index (χ1n) is 4.57. The van der Waals surface area contributed by atoms with Crippen molar-refractivity contribution in [1.82, 2.24) is 0 Å². The molecule has 1 aromatic rings. The number of rotatable bonds is 5. The van der Waals surface area contributed by atoms with Gasteiger partial charge in [0.25, 0.3) is 0 Å². The highest BCUT2D eigenvalue weighted by atomic mass is 32.2. The fourth-order valence-corrected chi connectivity index (χ4v) is 1.51. The summed E-state index contributed by atoms with van der Waals surface area (Å²) < 4.78 is 24.1. The topological polar surface area (TPSA) is 66.4 Å². The largest absolute Gasteiger partial charge is 0.478 e. The van der Waals surface area contributed by atoms with Gasteiger partial charge in [-0.1, -0.05) is 0 Å². The maximum Gasteiger partial charge on any atom is 0.335 e. The molecule has 88 valence electrons. The Bertz CT molecular complexity index is 423. The summed E-state index contributed by atoms with van der Waals surface area (Å²) >= 11 is 0. The Hall–Kier alpha value is -1.43. The molecule has 0 bridgehead atoms. The van der Waals surface area contributed by atoms with Crippen molar-refractivity contribution in [3.63, 3.8) is 0 Å². The third-order valence-electron chi connectivity index (χ3n) is 1.92. The molecule has 0 aliphatic carbocycles. The van der Waals surface area contributed by atoms with Gasteiger partial charge in [-0.2, -0.15) is 0 Å². The van der Waals surface area contributed by atoms with Crippen LogP contribution in [0.15, 0.2) is 18.2 Å². The number of carbonyl (C=O) groups is 1. The van der Waals surface area contributed by atoms with Gasteiger partial charge < -0.3 is 10.4 Å². The van der Waals surface area contributed by atoms with Gasteiger partial charge in [-0.15, -0.1) is 0 Å². The molecule has 1 atom stereocenters. The van der Waals surface area contributed by atoms with Gasteiger partial charge in [0.2, 0.25) is 0 Å². The second-order valence-corrected chi connectivity index (χ2v) is 4.76. The minimum atomic E-state index is -1.17. The number of nitrogens with one attached hydrogen (secondary N) is 1. The molecule has 1 rings (SSSR count). The van der Waals surface area contributed by atoms with Gasteiger partial charge in [0.05, 0.1) is 11.3 Å². The zero-order valence-corrected chi connectivity index (χ0v) is 9.51. The number of aromatic carboxylic acids is 1. The van der Waals surface area contributed by atoms with Gasteiger partial charge >= 0.3 is 5.97 Å². The lowest BCUT2D eigenvalue weighted by Gasteiger charge is -2.06. The molecule has 0 aliphatic rings. The predicted octanol–water partition coefficient (Wildman–Crippen LogP) is 1.31. The van der Waals surface area contributed by atoms with Crippen molar-refractivity contribution in [2.75, 3.05) is 23.9 Å². The van der Waals surface area contributed by atoms with Crippen LogP contribution < -0.4 is 5.32 Å². The number of anilines is 1. The molecule has 2 N–H and O–H groups in total. The summed E-state index contributed by atoms with van der Waals surface area (Å²) in [5.41, 5.74) is 0.123. The summed E-state index contributed by atoms with van der Waals surface area (Å²) in [5, 5.41) is 11.4. The molecule has 4 nitrogen and oxygen atoms in total. The summed E-state index contributed by atoms with van der Waals surface area (Å²) in [4.78, 5) is 10.5. The van der Waals surface area contributed by atoms with Crippen LogP contribution in [0.5, 0.6) is 0 Å². The summed E-state index contributed by atoms with van der Waals surface area (Å²) in [6, 6.07) is 3.63. The van der Waals surface area contributed by atoms with Gasteiger partial charge in [0, 0.05) is 29.4 Å². The van der Waals surface area contributed by atoms with E-state index in [0.29, 0.717) is 12.3 Å². The molecule has 0 fully saturated rings. The van der Waals surface area contributed by atoms with Crippen LogP contribution in [0.25, 0.3) is 0 Å². The average molecular weight is 245 g/mol. The average Bonchev–Trinajstić information content (AvgIpc) is 2.19. The standard InChI is InChI=1S/C10H12FNO3S/c1-16(15)5-4-12-9-3-2-7(10(13)14)6-8(9)11/h2-3,6,12H,4-5H2,1H3,(H,13,14). The summed E-state index contributed by atoms with van der Waals surface area (Å²) in [7, 11) is -0.937. The van der Waals surface area contributed by atoms with Crippen LogP contribution in [0.1, 0.15) is 10.4 Å². The molecular weight excluding hydrogens is 233 g/mol. The minimum Gasteiger partial charge on any atom is -0.478 e. The zero-order valence-electron chi connectivity index (χ0n) is 8.70. The number of carboxylic acids is 1. The van der Waals surface area contributed by atoms with Crippen LogP contribution >= 0.6 is 0 Å². The van der Waals surface area contributed by atoms with Crippen LogP contribution in [-0.4, -0.2) is 33.8 Å². The van der Waals surface area contributed by atoms with E-state index in [9.17, 15) is 13.4 Å². The zero-order chi connectivity index (χ0) is 12.1. The van der Waals surface area contributed by atoms with E-state index in [4.69, 9.17) is 5.11 Å². The molecule has 0 heterocycles. The van der Waals surface area contributed by atoms with Gasteiger partial charge in [-0.05, 0) is 18.2 Å². The molecule has 1 unspecified atom stereocenters. The lowest BCUT2D eigenvalue weighted by atomic mass is 10.2. The van der Waals surface area contributed by atoms with Crippen molar-refractivity contribution < 1.29 is 18.5 Å². The summed E-state index contributed by atoms with van der Waals surface area (Å²) in [6.45, 7) is 0.381. The highest BCUT2D eigenvalue weighted by Crippen LogP contribution is 2.15. The van der Waals surface area contributed by atoms with E-state index in [1.807, 2.05) is 0 Å². The Kier molecular flexibility index (Phi) is 4.42. The van der Waals surface area contributed by atoms with E-state index in [1.165, 1.54) is 12.1 Å². The Morgan fingerprint density at radius 2 is 2.25 bits per heavy atom. The molecule has 0 saturated carbocycles. The van der Waals surface area contributed by atoms with Crippen molar-refractivity contribution in [2.24, 2.45) is 0 Å². The quantitative estimate of drug-likeness (QED) is 0.821. The van der Waals surface area contributed by atoms with Crippen molar-refractivity contribution in [3.05, 3.63) is 29.6 Å². The SMILES string of the molecule is CS(=O)CCNc1ccc(C(=O)O)cc1F. The van der Waals surface area contributed by atoms with Crippen LogP contribution in [0, 0.1) is 5.82 Å². The van der Waals surface area contributed by atoms with Crippen LogP contribution in [0.4, 0.5) is 10.1 Å². The molecule has 0 aromatic heterocycles. The van der Waals surface area contributed by atoms with Crippen LogP contribution in [0.3, 0.4) is 0 Å². The van der Waals surface area contributed by atoms with E-state index in [-0.39, 0.29) is 11.3 Å². The molecule has 0 saturated heterocycles. The normalized spacial score (nSPS) is 12.1. The molecule has 0 spiro atoms. The monoisotopic (exact) mass is 245 g/mol. The molecule has 1 aromatic carbocycles. The summed E-state index contributed by atoms with van der Waals surface area (Å²) in [6.07, 6.45) is 1.56. The number of carboxylic acid groups (broad SMARTS) is 1. The third-order valence-corrected chi connectivity index (χ3v) is 2.70. The maximum atomic E-state index is 13.3. The molecular formula is C10H12FNO3S. The summed E-state index contributed by atoms with van der Waals surface area (Å²) in [5.74, 6) is -1.37. The second kappa shape index (κ2) is 5.60. The molecule has 0 radical (unpaired) electrons. The van der Waals surface area contributed by atoms with Crippen molar-refractivity contribution >= 4 is 22.5 Å². The van der Waals surface area contributed by atoms with Crippen LogP contribution in [0.2, 0.25) is 0 Å². The maximum absolute atomic E-state index is 13.3. The Morgan fingerprint density at radius 3 is 2.75 bits per heavy atom. The van der Waals surface area contributed by atoms with E-state index < -0.39 is 22.6 Å². The van der Waals surface area contributed by atoms with Gasteiger partial charge in [0.15, 0.2) is 0 Å². The van der Waals surface area contributed by atoms with Gasteiger partial charge in [0.1, 0.15) is 5.82 Å². The highest BCUT2D eigenvalue weighted by molar-refractivity contribution is 7.84. The van der Waals surface area contributed by atoms with Gasteiger partial charge in [-0.25, -0.2) is 9.18 Å². The third kappa shape index (κ3) is 3.62. The number of hydrogen-bond donors (Lipinski definition) is 2. The van der Waals surface area contributed by atoms with E-state index >= 15 is 0 Å². The smallest absolute Gasteiger partial charge is 0.335 e. The molecule has 6 heteroatoms. The Morgan fingerprint density at radius 1 is 1.56 bits per heavy atom. The minimum absolute atomic E-state index is 0.0953.